The Balaban J connectivity index is 1.77. The van der Waals surface area contributed by atoms with Crippen molar-refractivity contribution in [1.29, 1.82) is 0 Å². The number of phenolic OH excluding ortho intramolecular Hbond substituents is 2. The van der Waals surface area contributed by atoms with E-state index in [1.54, 1.807) is 37.3 Å². The molecule has 0 radical (unpaired) electrons. The quantitative estimate of drug-likeness (QED) is 0.189. The number of carboxylic acids is 1. The molecule has 0 aromatic heterocycles. The number of rotatable bonds is 7. The molecule has 9 nitrogen and oxygen atoms in total. The molecule has 4 aromatic rings. The number of carboxylic acid groups (broad SMARTS) is 1. The largest absolute Gasteiger partial charge is 0.506 e. The van der Waals surface area contributed by atoms with E-state index in [9.17, 15) is 29.7 Å². The third-order valence-electron chi connectivity index (χ3n) is 5.49. The lowest BCUT2D eigenvalue weighted by molar-refractivity contribution is -0.115. The van der Waals surface area contributed by atoms with Crippen LogP contribution in [0.5, 0.6) is 11.5 Å². The van der Waals surface area contributed by atoms with Gasteiger partial charge in [0.25, 0.3) is 0 Å². The summed E-state index contributed by atoms with van der Waals surface area (Å²) in [5.41, 5.74) is 0.353. The van der Waals surface area contributed by atoms with Crippen LogP contribution in [0.25, 0.3) is 10.8 Å². The van der Waals surface area contributed by atoms with Crippen LogP contribution in [-0.2, 0) is 4.79 Å². The molecule has 0 atom stereocenters. The van der Waals surface area contributed by atoms with E-state index < -0.39 is 11.8 Å². The minimum absolute atomic E-state index is 0.0124. The van der Waals surface area contributed by atoms with E-state index in [4.69, 9.17) is 0 Å². The highest BCUT2D eigenvalue weighted by atomic mass is 16.4. The number of fused-ring (bicyclic) bond motifs is 1. The van der Waals surface area contributed by atoms with E-state index in [0.29, 0.717) is 16.5 Å². The van der Waals surface area contributed by atoms with E-state index >= 15 is 0 Å². The first-order valence-corrected chi connectivity index (χ1v) is 11.0. The highest BCUT2D eigenvalue weighted by molar-refractivity contribution is 6.14. The lowest BCUT2D eigenvalue weighted by Crippen LogP contribution is -2.09. The zero-order valence-electron chi connectivity index (χ0n) is 19.1. The maximum absolute atomic E-state index is 13.0. The molecular weight excluding hydrogens is 462 g/mol. The Kier molecular flexibility index (Phi) is 6.73. The fraction of sp³-hybridized carbons (Fsp3) is 0.0741. The third-order valence-corrected chi connectivity index (χ3v) is 5.49. The number of azo groups is 1. The Morgan fingerprint density at radius 3 is 2.28 bits per heavy atom. The number of carbonyl (C=O) groups excluding carboxylic acids is 2. The Morgan fingerprint density at radius 2 is 1.56 bits per heavy atom. The first kappa shape index (κ1) is 24.1. The van der Waals surface area contributed by atoms with Crippen LogP contribution in [0.4, 0.5) is 17.1 Å². The highest BCUT2D eigenvalue weighted by Gasteiger charge is 2.19. The molecule has 1 amide bonds. The number of ketones is 1. The summed E-state index contributed by atoms with van der Waals surface area (Å²) >= 11 is 0. The van der Waals surface area contributed by atoms with Crippen LogP contribution in [-0.4, -0.2) is 33.0 Å². The Labute approximate surface area is 205 Å². The fourth-order valence-corrected chi connectivity index (χ4v) is 3.66. The molecule has 4 rings (SSSR count). The third kappa shape index (κ3) is 4.76. The van der Waals surface area contributed by atoms with Gasteiger partial charge in [-0.1, -0.05) is 43.3 Å². The van der Waals surface area contributed by atoms with E-state index in [2.05, 4.69) is 15.5 Å². The van der Waals surface area contributed by atoms with Gasteiger partial charge in [0.2, 0.25) is 5.91 Å². The molecule has 4 aromatic carbocycles. The number of aromatic hydroxyl groups is 2. The molecule has 4 N–H and O–H groups in total. The van der Waals surface area contributed by atoms with Crippen LogP contribution in [0.1, 0.15) is 39.6 Å². The van der Waals surface area contributed by atoms with Crippen molar-refractivity contribution in [2.24, 2.45) is 10.2 Å². The van der Waals surface area contributed by atoms with Gasteiger partial charge < -0.3 is 20.6 Å². The molecule has 0 aliphatic carbocycles. The highest BCUT2D eigenvalue weighted by Crippen LogP contribution is 2.41. The number of amides is 1. The predicted molar refractivity (Wildman–Crippen MR) is 134 cm³/mol. The van der Waals surface area contributed by atoms with Crippen molar-refractivity contribution in [3.8, 4) is 11.5 Å². The second kappa shape index (κ2) is 10.1. The summed E-state index contributed by atoms with van der Waals surface area (Å²) in [6.45, 7) is 1.71. The van der Waals surface area contributed by atoms with Gasteiger partial charge >= 0.3 is 5.97 Å². The van der Waals surface area contributed by atoms with Crippen LogP contribution in [0.3, 0.4) is 0 Å². The number of carbonyl (C=O) groups is 3. The van der Waals surface area contributed by atoms with Crippen molar-refractivity contribution in [1.82, 2.24) is 0 Å². The van der Waals surface area contributed by atoms with E-state index in [0.717, 1.165) is 0 Å². The van der Waals surface area contributed by atoms with Gasteiger partial charge in [0.1, 0.15) is 22.9 Å². The molecule has 0 fully saturated rings. The second-order valence-corrected chi connectivity index (χ2v) is 7.82. The van der Waals surface area contributed by atoms with Gasteiger partial charge in [0.05, 0.1) is 11.3 Å². The summed E-state index contributed by atoms with van der Waals surface area (Å²) in [5, 5.41) is 42.3. The van der Waals surface area contributed by atoms with Crippen molar-refractivity contribution in [2.75, 3.05) is 5.32 Å². The van der Waals surface area contributed by atoms with E-state index in [1.165, 1.54) is 42.5 Å². The normalized spacial score (nSPS) is 11.0. The molecule has 9 heteroatoms. The number of phenols is 2. The van der Waals surface area contributed by atoms with Crippen molar-refractivity contribution in [2.45, 2.75) is 13.3 Å². The number of anilines is 1. The maximum atomic E-state index is 13.0. The fourth-order valence-electron chi connectivity index (χ4n) is 3.66. The number of nitrogens with one attached hydrogen (secondary N) is 1. The number of nitrogens with zero attached hydrogens (tertiary/aromatic N) is 2. The number of benzene rings is 4. The smallest absolute Gasteiger partial charge is 0.336 e. The lowest BCUT2D eigenvalue weighted by atomic mass is 9.98. The summed E-state index contributed by atoms with van der Waals surface area (Å²) in [7, 11) is 0. The van der Waals surface area contributed by atoms with Gasteiger partial charge in [-0.2, -0.15) is 0 Å². The van der Waals surface area contributed by atoms with Gasteiger partial charge in [-0.15, -0.1) is 10.2 Å². The molecule has 0 saturated carbocycles. The maximum Gasteiger partial charge on any atom is 0.336 e. The molecule has 36 heavy (non-hydrogen) atoms. The average molecular weight is 483 g/mol. The van der Waals surface area contributed by atoms with Gasteiger partial charge in [0, 0.05) is 22.9 Å². The van der Waals surface area contributed by atoms with Crippen LogP contribution < -0.4 is 5.32 Å². The molecule has 0 aliphatic heterocycles. The summed E-state index contributed by atoms with van der Waals surface area (Å²) in [5.74, 6) is -2.51. The van der Waals surface area contributed by atoms with Gasteiger partial charge in [-0.05, 0) is 41.8 Å². The molecule has 0 aliphatic rings. The van der Waals surface area contributed by atoms with Crippen molar-refractivity contribution >= 4 is 45.5 Å². The van der Waals surface area contributed by atoms with E-state index in [-0.39, 0.29) is 51.9 Å². The SMILES string of the molecule is CCC(=O)Nc1cccc2ccc(O)c(N=Nc3cc(C(=O)c4ccccc4C(=O)O)ccc3O)c12. The summed E-state index contributed by atoms with van der Waals surface area (Å²) in [6.07, 6.45) is 0.256. The Bertz CT molecular complexity index is 1540. The molecule has 0 saturated heterocycles. The summed E-state index contributed by atoms with van der Waals surface area (Å²) < 4.78 is 0. The monoisotopic (exact) mass is 483 g/mol. The molecular formula is C27H21N3O6. The average Bonchev–Trinajstić information content (AvgIpc) is 2.88. The topological polar surface area (TPSA) is 149 Å². The molecule has 0 bridgehead atoms. The van der Waals surface area contributed by atoms with E-state index in [1.807, 2.05) is 0 Å². The number of hydrogen-bond acceptors (Lipinski definition) is 7. The standard InChI is InChI=1S/C27H21N3O6/c1-2-23(33)28-19-9-5-6-15-10-13-22(32)25(24(15)19)30-29-20-14-16(11-12-21(20)31)26(34)17-7-3-4-8-18(17)27(35)36/h3-14,31-32H,2H2,1H3,(H,28,33)(H,35,36). The van der Waals surface area contributed by atoms with Crippen LogP contribution in [0.15, 0.2) is 83.0 Å². The molecule has 0 heterocycles. The molecule has 180 valence electrons. The van der Waals surface area contributed by atoms with Crippen molar-refractivity contribution in [3.63, 3.8) is 0 Å². The lowest BCUT2D eigenvalue weighted by Gasteiger charge is -2.11. The minimum Gasteiger partial charge on any atom is -0.506 e. The predicted octanol–water partition coefficient (Wildman–Crippen LogP) is 5.94. The summed E-state index contributed by atoms with van der Waals surface area (Å²) in [6, 6.07) is 18.0. The minimum atomic E-state index is -1.24. The van der Waals surface area contributed by atoms with Gasteiger partial charge in [-0.3, -0.25) is 9.59 Å². The van der Waals surface area contributed by atoms with Crippen molar-refractivity contribution < 1.29 is 29.7 Å². The van der Waals surface area contributed by atoms with Gasteiger partial charge in [0.15, 0.2) is 5.78 Å². The van der Waals surface area contributed by atoms with Gasteiger partial charge in [-0.25, -0.2) is 4.79 Å². The number of aromatic carboxylic acids is 1. The zero-order valence-corrected chi connectivity index (χ0v) is 19.1. The summed E-state index contributed by atoms with van der Waals surface area (Å²) in [4.78, 5) is 36.5. The molecule has 0 spiro atoms. The Morgan fingerprint density at radius 1 is 0.833 bits per heavy atom. The van der Waals surface area contributed by atoms with Crippen LogP contribution in [0, 0.1) is 0 Å². The number of hydrogen-bond donors (Lipinski definition) is 4. The first-order chi connectivity index (χ1) is 17.3. The first-order valence-electron chi connectivity index (χ1n) is 11.0. The Hall–Kier alpha value is -5.05. The molecule has 0 unspecified atom stereocenters. The van der Waals surface area contributed by atoms with Crippen molar-refractivity contribution in [3.05, 3.63) is 89.5 Å². The zero-order chi connectivity index (χ0) is 25.8. The second-order valence-electron chi connectivity index (χ2n) is 7.82. The van der Waals surface area contributed by atoms with Crippen LogP contribution in [0.2, 0.25) is 0 Å². The van der Waals surface area contributed by atoms with Crippen LogP contribution >= 0.6 is 0 Å².